The van der Waals surface area contributed by atoms with Crippen molar-refractivity contribution in [2.75, 3.05) is 18.9 Å². The maximum Gasteiger partial charge on any atom is 0.253 e. The van der Waals surface area contributed by atoms with Crippen molar-refractivity contribution in [1.29, 1.82) is 0 Å². The number of anilines is 1. The zero-order chi connectivity index (χ0) is 21.0. The lowest BCUT2D eigenvalue weighted by Crippen LogP contribution is -2.33. The summed E-state index contributed by atoms with van der Waals surface area (Å²) < 4.78 is 0. The zero-order valence-corrected chi connectivity index (χ0v) is 17.1. The normalized spacial score (nSPS) is 16.2. The number of benzene rings is 2. The van der Waals surface area contributed by atoms with E-state index in [4.69, 9.17) is 0 Å². The van der Waals surface area contributed by atoms with Gasteiger partial charge < -0.3 is 15.1 Å². The van der Waals surface area contributed by atoms with Crippen molar-refractivity contribution in [2.45, 2.75) is 32.9 Å². The lowest BCUT2D eigenvalue weighted by atomic mass is 10.1. The molecule has 6 nitrogen and oxygen atoms in total. The van der Waals surface area contributed by atoms with Crippen LogP contribution in [0.15, 0.2) is 54.6 Å². The Balaban J connectivity index is 1.58. The van der Waals surface area contributed by atoms with Crippen molar-refractivity contribution in [1.82, 2.24) is 9.80 Å². The van der Waals surface area contributed by atoms with Gasteiger partial charge in [-0.2, -0.15) is 0 Å². The first-order chi connectivity index (χ1) is 13.8. The molecule has 0 spiro atoms. The topological polar surface area (TPSA) is 69.7 Å². The highest BCUT2D eigenvalue weighted by atomic mass is 16.2. The Labute approximate surface area is 171 Å². The second-order valence-corrected chi connectivity index (χ2v) is 7.75. The highest BCUT2D eigenvalue weighted by Crippen LogP contribution is 2.22. The summed E-state index contributed by atoms with van der Waals surface area (Å²) in [7, 11) is 1.77. The molecule has 1 aliphatic rings. The van der Waals surface area contributed by atoms with Crippen LogP contribution in [-0.2, 0) is 16.1 Å². The summed E-state index contributed by atoms with van der Waals surface area (Å²) in [5.74, 6) is -0.576. The molecular weight excluding hydrogens is 366 g/mol. The maximum atomic E-state index is 12.6. The number of nitrogens with zero attached hydrogens (tertiary/aromatic N) is 2. The third kappa shape index (κ3) is 5.02. The van der Waals surface area contributed by atoms with Crippen LogP contribution in [0.3, 0.4) is 0 Å². The number of hydrogen-bond donors (Lipinski definition) is 1. The van der Waals surface area contributed by atoms with Crippen LogP contribution in [-0.4, -0.2) is 47.2 Å². The van der Waals surface area contributed by atoms with Crippen molar-refractivity contribution in [3.8, 4) is 0 Å². The quantitative estimate of drug-likeness (QED) is 0.820. The Morgan fingerprint density at radius 2 is 1.76 bits per heavy atom. The summed E-state index contributed by atoms with van der Waals surface area (Å²) in [6.45, 7) is 4.87. The summed E-state index contributed by atoms with van der Waals surface area (Å²) in [5, 5.41) is 2.86. The van der Waals surface area contributed by atoms with E-state index in [-0.39, 0.29) is 36.1 Å². The Morgan fingerprint density at radius 1 is 1.10 bits per heavy atom. The van der Waals surface area contributed by atoms with Crippen molar-refractivity contribution in [3.05, 3.63) is 65.7 Å². The molecule has 152 valence electrons. The van der Waals surface area contributed by atoms with E-state index in [1.54, 1.807) is 41.1 Å². The molecule has 3 rings (SSSR count). The fourth-order valence-electron chi connectivity index (χ4n) is 3.50. The smallest absolute Gasteiger partial charge is 0.253 e. The van der Waals surface area contributed by atoms with Gasteiger partial charge in [0.25, 0.3) is 5.91 Å². The molecular formula is C23H27N3O3. The molecule has 1 fully saturated rings. The molecule has 1 heterocycles. The highest BCUT2D eigenvalue weighted by molar-refractivity contribution is 5.98. The highest BCUT2D eigenvalue weighted by Gasteiger charge is 2.35. The molecule has 2 aromatic rings. The second kappa shape index (κ2) is 8.90. The molecule has 0 radical (unpaired) electrons. The van der Waals surface area contributed by atoms with Crippen LogP contribution < -0.4 is 5.32 Å². The van der Waals surface area contributed by atoms with Gasteiger partial charge in [-0.1, -0.05) is 30.3 Å². The molecule has 1 unspecified atom stereocenters. The maximum absolute atomic E-state index is 12.6. The van der Waals surface area contributed by atoms with E-state index in [1.807, 2.05) is 44.2 Å². The fourth-order valence-corrected chi connectivity index (χ4v) is 3.50. The van der Waals surface area contributed by atoms with Crippen LogP contribution in [0.1, 0.15) is 36.2 Å². The van der Waals surface area contributed by atoms with Gasteiger partial charge in [-0.3, -0.25) is 14.4 Å². The third-order valence-electron chi connectivity index (χ3n) is 5.16. The standard InChI is InChI=1S/C23H27N3O3/c1-16(2)26-15-19(13-21(26)27)22(28)24-20-11-9-18(10-12-20)23(29)25(3)14-17-7-5-4-6-8-17/h4-12,16,19H,13-15H2,1-3H3,(H,24,28). The number of carbonyl (C=O) groups excluding carboxylic acids is 3. The Kier molecular flexibility index (Phi) is 6.32. The van der Waals surface area contributed by atoms with Crippen molar-refractivity contribution in [3.63, 3.8) is 0 Å². The number of likely N-dealkylation sites (tertiary alicyclic amines) is 1. The largest absolute Gasteiger partial charge is 0.339 e. The summed E-state index contributed by atoms with van der Waals surface area (Å²) in [6.07, 6.45) is 0.241. The Morgan fingerprint density at radius 3 is 2.34 bits per heavy atom. The minimum absolute atomic E-state index is 0.0162. The molecule has 1 aliphatic heterocycles. The van der Waals surface area contributed by atoms with E-state index in [9.17, 15) is 14.4 Å². The zero-order valence-electron chi connectivity index (χ0n) is 17.1. The van der Waals surface area contributed by atoms with E-state index in [0.717, 1.165) is 5.56 Å². The van der Waals surface area contributed by atoms with Gasteiger partial charge in [0, 0.05) is 43.9 Å². The van der Waals surface area contributed by atoms with Gasteiger partial charge in [-0.25, -0.2) is 0 Å². The minimum atomic E-state index is -0.344. The first kappa shape index (κ1) is 20.6. The first-order valence-corrected chi connectivity index (χ1v) is 9.85. The van der Waals surface area contributed by atoms with Crippen LogP contribution in [0.2, 0.25) is 0 Å². The molecule has 3 amide bonds. The van der Waals surface area contributed by atoms with Crippen molar-refractivity contribution >= 4 is 23.4 Å². The van der Waals surface area contributed by atoms with E-state index in [1.165, 1.54) is 0 Å². The van der Waals surface area contributed by atoms with Crippen molar-refractivity contribution in [2.24, 2.45) is 5.92 Å². The van der Waals surface area contributed by atoms with Crippen LogP contribution >= 0.6 is 0 Å². The van der Waals surface area contributed by atoms with Crippen LogP contribution in [0.25, 0.3) is 0 Å². The van der Waals surface area contributed by atoms with Gasteiger partial charge in [-0.15, -0.1) is 0 Å². The summed E-state index contributed by atoms with van der Waals surface area (Å²) in [5.41, 5.74) is 2.24. The average Bonchev–Trinajstić information content (AvgIpc) is 3.11. The van der Waals surface area contributed by atoms with Crippen LogP contribution in [0, 0.1) is 5.92 Å². The summed E-state index contributed by atoms with van der Waals surface area (Å²) in [4.78, 5) is 40.5. The first-order valence-electron chi connectivity index (χ1n) is 9.85. The SMILES string of the molecule is CC(C)N1CC(C(=O)Nc2ccc(C(=O)N(C)Cc3ccccc3)cc2)CC1=O. The third-order valence-corrected chi connectivity index (χ3v) is 5.16. The van der Waals surface area contributed by atoms with Gasteiger partial charge in [0.1, 0.15) is 0 Å². The van der Waals surface area contributed by atoms with Gasteiger partial charge in [0.05, 0.1) is 5.92 Å². The van der Waals surface area contributed by atoms with Gasteiger partial charge in [0.2, 0.25) is 11.8 Å². The fraction of sp³-hybridized carbons (Fsp3) is 0.348. The molecule has 6 heteroatoms. The average molecular weight is 393 g/mol. The monoisotopic (exact) mass is 393 g/mol. The molecule has 2 aromatic carbocycles. The predicted octanol–water partition coefficient (Wildman–Crippen LogP) is 3.15. The lowest BCUT2D eigenvalue weighted by molar-refractivity contribution is -0.129. The van der Waals surface area contributed by atoms with Crippen LogP contribution in [0.5, 0.6) is 0 Å². The molecule has 0 aliphatic carbocycles. The second-order valence-electron chi connectivity index (χ2n) is 7.75. The Hall–Kier alpha value is -3.15. The lowest BCUT2D eigenvalue weighted by Gasteiger charge is -2.20. The van der Waals surface area contributed by atoms with Crippen LogP contribution in [0.4, 0.5) is 5.69 Å². The molecule has 0 saturated carbocycles. The molecule has 1 saturated heterocycles. The number of carbonyl (C=O) groups is 3. The number of hydrogen-bond acceptors (Lipinski definition) is 3. The number of nitrogens with one attached hydrogen (secondary N) is 1. The van der Waals surface area contributed by atoms with E-state index in [2.05, 4.69) is 5.32 Å². The minimum Gasteiger partial charge on any atom is -0.339 e. The van der Waals surface area contributed by atoms with E-state index in [0.29, 0.717) is 24.3 Å². The van der Waals surface area contributed by atoms with Crippen molar-refractivity contribution < 1.29 is 14.4 Å². The molecule has 1 N–H and O–H groups in total. The van der Waals surface area contributed by atoms with Gasteiger partial charge in [0.15, 0.2) is 0 Å². The van der Waals surface area contributed by atoms with E-state index < -0.39 is 0 Å². The Bertz CT molecular complexity index is 878. The summed E-state index contributed by atoms with van der Waals surface area (Å²) >= 11 is 0. The molecule has 0 bridgehead atoms. The summed E-state index contributed by atoms with van der Waals surface area (Å²) in [6, 6.07) is 16.8. The molecule has 29 heavy (non-hydrogen) atoms. The van der Waals surface area contributed by atoms with E-state index >= 15 is 0 Å². The number of rotatable bonds is 6. The van der Waals surface area contributed by atoms with Gasteiger partial charge in [-0.05, 0) is 43.7 Å². The number of amides is 3. The predicted molar refractivity (Wildman–Crippen MR) is 112 cm³/mol. The van der Waals surface area contributed by atoms with Gasteiger partial charge >= 0.3 is 0 Å². The molecule has 1 atom stereocenters. The molecule has 0 aromatic heterocycles.